The Kier molecular flexibility index (Phi) is 4.16. The molecule has 1 unspecified atom stereocenters. The Balaban J connectivity index is 1.41. The molecule has 146 valence electrons. The fourth-order valence-electron chi connectivity index (χ4n) is 4.21. The molecule has 1 aromatic heterocycles. The van der Waals surface area contributed by atoms with Crippen molar-refractivity contribution in [1.82, 2.24) is 9.29 Å². The third-order valence-corrected chi connectivity index (χ3v) is 8.10. The van der Waals surface area contributed by atoms with E-state index in [2.05, 4.69) is 15.4 Å². The summed E-state index contributed by atoms with van der Waals surface area (Å²) in [6, 6.07) is 7.50. The van der Waals surface area contributed by atoms with Gasteiger partial charge < -0.3 is 0 Å². The zero-order valence-electron chi connectivity index (χ0n) is 15.9. The molecule has 2 fully saturated rings. The Labute approximate surface area is 172 Å². The molecule has 1 saturated heterocycles. The minimum absolute atomic E-state index is 0.0271. The molecule has 1 aliphatic carbocycles. The van der Waals surface area contributed by atoms with Crippen LogP contribution < -0.4 is 4.90 Å². The van der Waals surface area contributed by atoms with E-state index in [4.69, 9.17) is 11.6 Å². The topological polar surface area (TPSA) is 53.5 Å². The summed E-state index contributed by atoms with van der Waals surface area (Å²) in [5.74, 6) is 0.286. The first-order valence-corrected chi connectivity index (χ1v) is 11.2. The van der Waals surface area contributed by atoms with Crippen LogP contribution in [0.2, 0.25) is 5.02 Å². The molecular formula is C21H22ClN3O2S. The monoisotopic (exact) mass is 415 g/mol. The molecule has 0 radical (unpaired) electrons. The molecule has 0 bridgehead atoms. The van der Waals surface area contributed by atoms with Crippen molar-refractivity contribution >= 4 is 34.2 Å². The molecule has 1 aromatic carbocycles. The van der Waals surface area contributed by atoms with Crippen LogP contribution >= 0.6 is 11.6 Å². The van der Waals surface area contributed by atoms with Gasteiger partial charge in [0.1, 0.15) is 0 Å². The molecule has 5 rings (SSSR count). The SMILES string of the molecule is CC1(C)c2cc(Cl)ccc2C(=O)N1c1cncc(C2CN(S(=O)C3CC3)C2)c1. The summed E-state index contributed by atoms with van der Waals surface area (Å²) in [5.41, 5.74) is 3.01. The molecular weight excluding hydrogens is 394 g/mol. The van der Waals surface area contributed by atoms with Crippen LogP contribution in [-0.2, 0) is 16.5 Å². The van der Waals surface area contributed by atoms with Gasteiger partial charge in [-0.15, -0.1) is 0 Å². The summed E-state index contributed by atoms with van der Waals surface area (Å²) in [6.45, 7) is 5.65. The maximum atomic E-state index is 13.1. The molecule has 28 heavy (non-hydrogen) atoms. The first-order valence-electron chi connectivity index (χ1n) is 9.61. The minimum atomic E-state index is -0.832. The highest BCUT2D eigenvalue weighted by atomic mass is 35.5. The standard InChI is InChI=1S/C21H22ClN3O2S/c1-21(2)19-8-15(22)3-6-18(19)20(26)25(21)16-7-13(9-23-10-16)14-11-24(12-14)28(27)17-4-5-17/h3,6-10,14,17H,4-5,11-12H2,1-2H3. The van der Waals surface area contributed by atoms with E-state index in [-0.39, 0.29) is 5.91 Å². The van der Waals surface area contributed by atoms with Crippen LogP contribution in [0.15, 0.2) is 36.7 Å². The average Bonchev–Trinajstić information content (AvgIpc) is 3.43. The summed E-state index contributed by atoms with van der Waals surface area (Å²) in [4.78, 5) is 19.3. The Morgan fingerprint density at radius 3 is 2.64 bits per heavy atom. The lowest BCUT2D eigenvalue weighted by Gasteiger charge is -2.38. The van der Waals surface area contributed by atoms with E-state index in [0.717, 1.165) is 42.7 Å². The van der Waals surface area contributed by atoms with Crippen molar-refractivity contribution in [1.29, 1.82) is 0 Å². The summed E-state index contributed by atoms with van der Waals surface area (Å²) in [7, 11) is -0.832. The predicted molar refractivity (Wildman–Crippen MR) is 111 cm³/mol. The number of aromatic nitrogens is 1. The maximum Gasteiger partial charge on any atom is 0.259 e. The van der Waals surface area contributed by atoms with Gasteiger partial charge in [-0.2, -0.15) is 0 Å². The Morgan fingerprint density at radius 1 is 1.18 bits per heavy atom. The first-order chi connectivity index (χ1) is 13.4. The summed E-state index contributed by atoms with van der Waals surface area (Å²) in [5, 5.41) is 1.00. The van der Waals surface area contributed by atoms with Gasteiger partial charge >= 0.3 is 0 Å². The van der Waals surface area contributed by atoms with Crippen molar-refractivity contribution in [3.8, 4) is 0 Å². The highest BCUT2D eigenvalue weighted by molar-refractivity contribution is 7.83. The Hall–Kier alpha value is -1.76. The van der Waals surface area contributed by atoms with E-state index in [1.807, 2.05) is 31.0 Å². The largest absolute Gasteiger partial charge is 0.297 e. The number of amides is 1. The van der Waals surface area contributed by atoms with Gasteiger partial charge in [0.2, 0.25) is 0 Å². The van der Waals surface area contributed by atoms with Crippen molar-refractivity contribution in [2.24, 2.45) is 0 Å². The van der Waals surface area contributed by atoms with Crippen LogP contribution in [0.25, 0.3) is 0 Å². The van der Waals surface area contributed by atoms with Crippen LogP contribution in [0, 0.1) is 0 Å². The third-order valence-electron chi connectivity index (χ3n) is 6.02. The lowest BCUT2D eigenvalue weighted by molar-refractivity contribution is 0.0982. The van der Waals surface area contributed by atoms with E-state index in [0.29, 0.717) is 21.8 Å². The molecule has 3 aliphatic rings. The van der Waals surface area contributed by atoms with E-state index < -0.39 is 16.5 Å². The molecule has 0 N–H and O–H groups in total. The fourth-order valence-corrected chi connectivity index (χ4v) is 6.00. The van der Waals surface area contributed by atoms with Gasteiger partial charge in [0.25, 0.3) is 5.91 Å². The minimum Gasteiger partial charge on any atom is -0.297 e. The average molecular weight is 416 g/mol. The van der Waals surface area contributed by atoms with Gasteiger partial charge in [-0.1, -0.05) is 11.6 Å². The summed E-state index contributed by atoms with van der Waals surface area (Å²) >= 11 is 6.18. The van der Waals surface area contributed by atoms with Gasteiger partial charge in [-0.3, -0.25) is 14.7 Å². The second kappa shape index (κ2) is 6.37. The van der Waals surface area contributed by atoms with E-state index in [1.165, 1.54) is 0 Å². The van der Waals surface area contributed by atoms with Crippen molar-refractivity contribution in [2.45, 2.75) is 43.4 Å². The lowest BCUT2D eigenvalue weighted by Crippen LogP contribution is -2.47. The van der Waals surface area contributed by atoms with Crippen LogP contribution in [0.1, 0.15) is 54.1 Å². The van der Waals surface area contributed by atoms with Gasteiger partial charge in [0, 0.05) is 41.0 Å². The number of fused-ring (bicyclic) bond motifs is 1. The maximum absolute atomic E-state index is 13.1. The van der Waals surface area contributed by atoms with E-state index in [1.54, 1.807) is 18.3 Å². The zero-order valence-corrected chi connectivity index (χ0v) is 17.5. The number of benzene rings is 1. The summed E-state index contributed by atoms with van der Waals surface area (Å²) < 4.78 is 14.3. The number of carbonyl (C=O) groups excluding carboxylic acids is 1. The number of carbonyl (C=O) groups is 1. The van der Waals surface area contributed by atoms with Gasteiger partial charge in [-0.25, -0.2) is 8.51 Å². The lowest BCUT2D eigenvalue weighted by atomic mass is 9.92. The molecule has 2 aromatic rings. The number of rotatable bonds is 4. The van der Waals surface area contributed by atoms with Crippen LogP contribution in [0.3, 0.4) is 0 Å². The van der Waals surface area contributed by atoms with Crippen LogP contribution in [-0.4, -0.2) is 37.7 Å². The molecule has 1 atom stereocenters. The number of pyridine rings is 1. The van der Waals surface area contributed by atoms with Crippen LogP contribution in [0.5, 0.6) is 0 Å². The van der Waals surface area contributed by atoms with Gasteiger partial charge in [0.15, 0.2) is 0 Å². The van der Waals surface area contributed by atoms with E-state index >= 15 is 0 Å². The summed E-state index contributed by atoms with van der Waals surface area (Å²) in [6.07, 6.45) is 5.78. The molecule has 0 spiro atoms. The normalized spacial score (nSPS) is 22.8. The number of hydrogen-bond acceptors (Lipinski definition) is 3. The van der Waals surface area contributed by atoms with Gasteiger partial charge in [0.05, 0.1) is 28.4 Å². The molecule has 1 saturated carbocycles. The highest BCUT2D eigenvalue weighted by Crippen LogP contribution is 2.43. The molecule has 3 heterocycles. The molecule has 7 heteroatoms. The number of halogens is 1. The predicted octanol–water partition coefficient (Wildman–Crippen LogP) is 3.86. The molecule has 2 aliphatic heterocycles. The van der Waals surface area contributed by atoms with Crippen molar-refractivity contribution in [3.05, 3.63) is 58.4 Å². The number of hydrogen-bond donors (Lipinski definition) is 0. The second-order valence-corrected chi connectivity index (χ2v) is 10.6. The van der Waals surface area contributed by atoms with Crippen molar-refractivity contribution < 1.29 is 9.00 Å². The fraction of sp³-hybridized carbons (Fsp3) is 0.429. The molecule has 5 nitrogen and oxygen atoms in total. The first kappa shape index (κ1) is 18.3. The highest BCUT2D eigenvalue weighted by Gasteiger charge is 2.44. The second-order valence-electron chi connectivity index (χ2n) is 8.39. The third kappa shape index (κ3) is 2.81. The Bertz CT molecular complexity index is 999. The molecule has 1 amide bonds. The van der Waals surface area contributed by atoms with Crippen LogP contribution in [0.4, 0.5) is 5.69 Å². The van der Waals surface area contributed by atoms with Gasteiger partial charge in [-0.05, 0) is 62.1 Å². The smallest absolute Gasteiger partial charge is 0.259 e. The van der Waals surface area contributed by atoms with E-state index in [9.17, 15) is 9.00 Å². The zero-order chi connectivity index (χ0) is 19.6. The number of nitrogens with zero attached hydrogens (tertiary/aromatic N) is 3. The quantitative estimate of drug-likeness (QED) is 0.762. The van der Waals surface area contributed by atoms with Crippen molar-refractivity contribution in [3.63, 3.8) is 0 Å². The number of anilines is 1. The Morgan fingerprint density at radius 2 is 1.93 bits per heavy atom. The van der Waals surface area contributed by atoms with Crippen molar-refractivity contribution in [2.75, 3.05) is 18.0 Å².